The molecule has 1 aromatic carbocycles. The number of aliphatic hydroxyl groups is 1. The number of hydrogen-bond donors (Lipinski definition) is 1. The SMILES string of the molecule is CCOCOc1cc(OC)ccc1CO. The standard InChI is InChI=1S/C11H16O4/c1-3-14-8-15-11-6-10(13-2)5-4-9(11)7-12/h4-6,12H,3,7-8H2,1-2H3. The van der Waals surface area contributed by atoms with E-state index in [0.29, 0.717) is 18.1 Å². The van der Waals surface area contributed by atoms with Gasteiger partial charge in [-0.2, -0.15) is 0 Å². The Labute approximate surface area is 89.4 Å². The molecule has 0 aliphatic rings. The van der Waals surface area contributed by atoms with Crippen LogP contribution in [0.1, 0.15) is 12.5 Å². The third-order valence-electron chi connectivity index (χ3n) is 1.95. The molecule has 0 unspecified atom stereocenters. The summed E-state index contributed by atoms with van der Waals surface area (Å²) in [6, 6.07) is 5.27. The van der Waals surface area contributed by atoms with E-state index >= 15 is 0 Å². The molecule has 1 aromatic rings. The Balaban J connectivity index is 2.72. The second kappa shape index (κ2) is 6.27. The number of aliphatic hydroxyl groups excluding tert-OH is 1. The van der Waals surface area contributed by atoms with Crippen LogP contribution in [0.2, 0.25) is 0 Å². The maximum atomic E-state index is 9.08. The number of rotatable bonds is 6. The molecule has 1 N–H and O–H groups in total. The fourth-order valence-electron chi connectivity index (χ4n) is 1.12. The highest BCUT2D eigenvalue weighted by atomic mass is 16.7. The van der Waals surface area contributed by atoms with Crippen LogP contribution in [0.4, 0.5) is 0 Å². The zero-order chi connectivity index (χ0) is 11.1. The zero-order valence-electron chi connectivity index (χ0n) is 9.03. The Hall–Kier alpha value is -1.26. The summed E-state index contributed by atoms with van der Waals surface area (Å²) in [6.07, 6.45) is 0. The van der Waals surface area contributed by atoms with Crippen molar-refractivity contribution in [2.24, 2.45) is 0 Å². The van der Waals surface area contributed by atoms with E-state index in [1.807, 2.05) is 6.92 Å². The molecular formula is C11H16O4. The normalized spacial score (nSPS) is 10.1. The van der Waals surface area contributed by atoms with Crippen LogP contribution in [0.3, 0.4) is 0 Å². The molecule has 0 heterocycles. The van der Waals surface area contributed by atoms with Crippen LogP contribution in [0.5, 0.6) is 11.5 Å². The second-order valence-corrected chi connectivity index (χ2v) is 2.89. The third kappa shape index (κ3) is 3.42. The Bertz CT molecular complexity index is 299. The maximum absolute atomic E-state index is 9.08. The van der Waals surface area contributed by atoms with Gasteiger partial charge < -0.3 is 19.3 Å². The fourth-order valence-corrected chi connectivity index (χ4v) is 1.12. The minimum atomic E-state index is -0.0640. The molecule has 4 nitrogen and oxygen atoms in total. The number of hydrogen-bond acceptors (Lipinski definition) is 4. The van der Waals surface area contributed by atoms with Crippen LogP contribution in [-0.4, -0.2) is 25.6 Å². The lowest BCUT2D eigenvalue weighted by atomic mass is 10.2. The van der Waals surface area contributed by atoms with Crippen molar-refractivity contribution in [3.05, 3.63) is 23.8 Å². The summed E-state index contributed by atoms with van der Waals surface area (Å²) < 4.78 is 15.5. The van der Waals surface area contributed by atoms with Gasteiger partial charge in [0.2, 0.25) is 0 Å². The molecule has 0 saturated heterocycles. The van der Waals surface area contributed by atoms with Crippen molar-refractivity contribution < 1.29 is 19.3 Å². The van der Waals surface area contributed by atoms with E-state index in [1.165, 1.54) is 0 Å². The van der Waals surface area contributed by atoms with Crippen molar-refractivity contribution in [1.29, 1.82) is 0 Å². The van der Waals surface area contributed by atoms with E-state index in [1.54, 1.807) is 25.3 Å². The number of ether oxygens (including phenoxy) is 3. The summed E-state index contributed by atoms with van der Waals surface area (Å²) in [5.74, 6) is 1.28. The van der Waals surface area contributed by atoms with Gasteiger partial charge in [-0.1, -0.05) is 0 Å². The fraction of sp³-hybridized carbons (Fsp3) is 0.455. The largest absolute Gasteiger partial charge is 0.497 e. The zero-order valence-corrected chi connectivity index (χ0v) is 9.03. The van der Waals surface area contributed by atoms with Gasteiger partial charge in [-0.15, -0.1) is 0 Å². The van der Waals surface area contributed by atoms with Gasteiger partial charge in [0, 0.05) is 18.2 Å². The third-order valence-corrected chi connectivity index (χ3v) is 1.95. The Morgan fingerprint density at radius 2 is 2.13 bits per heavy atom. The van der Waals surface area contributed by atoms with Crippen LogP contribution < -0.4 is 9.47 Å². The number of methoxy groups -OCH3 is 1. The average Bonchev–Trinajstić information content (AvgIpc) is 2.29. The summed E-state index contributed by atoms with van der Waals surface area (Å²) in [7, 11) is 1.58. The van der Waals surface area contributed by atoms with Crippen LogP contribution in [0.25, 0.3) is 0 Å². The summed E-state index contributed by atoms with van der Waals surface area (Å²) >= 11 is 0. The quantitative estimate of drug-likeness (QED) is 0.574. The summed E-state index contributed by atoms with van der Waals surface area (Å²) in [5, 5.41) is 9.08. The first kappa shape index (κ1) is 11.8. The van der Waals surface area contributed by atoms with Gasteiger partial charge in [0.05, 0.1) is 13.7 Å². The molecule has 0 aromatic heterocycles. The topological polar surface area (TPSA) is 47.9 Å². The Morgan fingerprint density at radius 3 is 2.73 bits per heavy atom. The van der Waals surface area contributed by atoms with Crippen molar-refractivity contribution in [3.8, 4) is 11.5 Å². The predicted octanol–water partition coefficient (Wildman–Crippen LogP) is 1.56. The van der Waals surface area contributed by atoms with E-state index in [4.69, 9.17) is 19.3 Å². The van der Waals surface area contributed by atoms with E-state index < -0.39 is 0 Å². The van der Waals surface area contributed by atoms with Crippen molar-refractivity contribution in [2.75, 3.05) is 20.5 Å². The summed E-state index contributed by atoms with van der Waals surface area (Å²) in [4.78, 5) is 0. The van der Waals surface area contributed by atoms with Crippen LogP contribution in [0, 0.1) is 0 Å². The van der Waals surface area contributed by atoms with Gasteiger partial charge in [0.15, 0.2) is 6.79 Å². The molecule has 0 fully saturated rings. The minimum absolute atomic E-state index is 0.0640. The lowest BCUT2D eigenvalue weighted by molar-refractivity contribution is 0.0211. The van der Waals surface area contributed by atoms with Gasteiger partial charge in [0.25, 0.3) is 0 Å². The van der Waals surface area contributed by atoms with Gasteiger partial charge in [-0.05, 0) is 19.1 Å². The molecule has 0 atom stereocenters. The molecule has 0 aliphatic carbocycles. The molecule has 4 heteroatoms. The molecule has 1 rings (SSSR count). The molecule has 0 spiro atoms. The smallest absolute Gasteiger partial charge is 0.189 e. The minimum Gasteiger partial charge on any atom is -0.497 e. The molecular weight excluding hydrogens is 196 g/mol. The maximum Gasteiger partial charge on any atom is 0.189 e. The van der Waals surface area contributed by atoms with Gasteiger partial charge in [-0.3, -0.25) is 0 Å². The van der Waals surface area contributed by atoms with Crippen molar-refractivity contribution in [3.63, 3.8) is 0 Å². The highest BCUT2D eigenvalue weighted by Crippen LogP contribution is 2.24. The van der Waals surface area contributed by atoms with E-state index in [-0.39, 0.29) is 13.4 Å². The second-order valence-electron chi connectivity index (χ2n) is 2.89. The lowest BCUT2D eigenvalue weighted by Crippen LogP contribution is -2.04. The monoisotopic (exact) mass is 212 g/mol. The first-order chi connectivity index (χ1) is 7.31. The Morgan fingerprint density at radius 1 is 1.33 bits per heavy atom. The molecule has 0 saturated carbocycles. The van der Waals surface area contributed by atoms with Crippen LogP contribution >= 0.6 is 0 Å². The van der Waals surface area contributed by atoms with Crippen molar-refractivity contribution in [2.45, 2.75) is 13.5 Å². The highest BCUT2D eigenvalue weighted by Gasteiger charge is 2.04. The average molecular weight is 212 g/mol. The first-order valence-corrected chi connectivity index (χ1v) is 4.80. The highest BCUT2D eigenvalue weighted by molar-refractivity contribution is 5.40. The van der Waals surface area contributed by atoms with Crippen LogP contribution in [-0.2, 0) is 11.3 Å². The lowest BCUT2D eigenvalue weighted by Gasteiger charge is -2.11. The van der Waals surface area contributed by atoms with Crippen LogP contribution in [0.15, 0.2) is 18.2 Å². The van der Waals surface area contributed by atoms with Crippen molar-refractivity contribution in [1.82, 2.24) is 0 Å². The first-order valence-electron chi connectivity index (χ1n) is 4.80. The van der Waals surface area contributed by atoms with Gasteiger partial charge in [0.1, 0.15) is 11.5 Å². The molecule has 0 aliphatic heterocycles. The van der Waals surface area contributed by atoms with Crippen molar-refractivity contribution >= 4 is 0 Å². The molecule has 15 heavy (non-hydrogen) atoms. The summed E-state index contributed by atoms with van der Waals surface area (Å²) in [6.45, 7) is 2.60. The molecule has 84 valence electrons. The van der Waals surface area contributed by atoms with Gasteiger partial charge in [-0.25, -0.2) is 0 Å². The number of benzene rings is 1. The van der Waals surface area contributed by atoms with E-state index in [2.05, 4.69) is 0 Å². The van der Waals surface area contributed by atoms with E-state index in [9.17, 15) is 0 Å². The molecule has 0 bridgehead atoms. The predicted molar refractivity (Wildman–Crippen MR) is 56.0 cm³/mol. The van der Waals surface area contributed by atoms with E-state index in [0.717, 1.165) is 5.56 Å². The van der Waals surface area contributed by atoms with Gasteiger partial charge >= 0.3 is 0 Å². The Kier molecular flexibility index (Phi) is 4.93. The molecule has 0 radical (unpaired) electrons. The molecule has 0 amide bonds. The summed E-state index contributed by atoms with van der Waals surface area (Å²) in [5.41, 5.74) is 0.718.